The van der Waals surface area contributed by atoms with Crippen LogP contribution in [0.15, 0.2) is 255 Å². The molecular weight excluding hydrogens is 837 g/mol. The molecule has 322 valence electrons. The van der Waals surface area contributed by atoms with Crippen LogP contribution in [0.5, 0.6) is 0 Å². The molecule has 69 heavy (non-hydrogen) atoms. The highest BCUT2D eigenvalue weighted by atomic mass is 15.0. The van der Waals surface area contributed by atoms with E-state index in [0.717, 1.165) is 67.1 Å². The van der Waals surface area contributed by atoms with Gasteiger partial charge in [0.25, 0.3) is 0 Å². The molecule has 0 aliphatic heterocycles. The van der Waals surface area contributed by atoms with Gasteiger partial charge in [-0.25, -0.2) is 9.97 Å². The standard InChI is InChI=1S/C65H42N4/c1-4-21-43(22-5-1)57-42-58(67-64(66-57)54-32-20-34-56-63(54)53-31-10-15-33-55(53)65(56,45-23-6-2-7-24-45)46-25-8-3-9-26-46)44-39-47(68-59-35-16-11-27-49(59)50-28-12-17-36-60(50)68)41-48(40-44)69-61-37-18-13-29-51(61)52-30-14-19-38-62(52)69/h1-42H. The van der Waals surface area contributed by atoms with Crippen molar-refractivity contribution in [2.24, 2.45) is 0 Å². The summed E-state index contributed by atoms with van der Waals surface area (Å²) in [6.45, 7) is 0. The minimum atomic E-state index is -0.557. The lowest BCUT2D eigenvalue weighted by Gasteiger charge is -2.33. The van der Waals surface area contributed by atoms with Crippen molar-refractivity contribution >= 4 is 43.6 Å². The van der Waals surface area contributed by atoms with Gasteiger partial charge in [0.05, 0.1) is 38.9 Å². The third-order valence-corrected chi connectivity index (χ3v) is 14.4. The first-order valence-corrected chi connectivity index (χ1v) is 23.7. The van der Waals surface area contributed by atoms with E-state index in [-0.39, 0.29) is 0 Å². The van der Waals surface area contributed by atoms with Crippen molar-refractivity contribution < 1.29 is 0 Å². The fourth-order valence-corrected chi connectivity index (χ4v) is 11.6. The predicted octanol–water partition coefficient (Wildman–Crippen LogP) is 16.0. The molecule has 0 unspecified atom stereocenters. The van der Waals surface area contributed by atoms with Gasteiger partial charge in [0.15, 0.2) is 5.82 Å². The molecule has 1 aliphatic carbocycles. The second kappa shape index (κ2) is 15.5. The number of hydrogen-bond donors (Lipinski definition) is 0. The summed E-state index contributed by atoms with van der Waals surface area (Å²) in [7, 11) is 0. The van der Waals surface area contributed by atoms with E-state index in [1.807, 2.05) is 0 Å². The zero-order chi connectivity index (χ0) is 45.5. The van der Waals surface area contributed by atoms with Gasteiger partial charge in [0.1, 0.15) is 0 Å². The quantitative estimate of drug-likeness (QED) is 0.160. The first-order valence-electron chi connectivity index (χ1n) is 23.7. The molecule has 14 rings (SSSR count). The fraction of sp³-hybridized carbons (Fsp3) is 0.0154. The highest BCUT2D eigenvalue weighted by molar-refractivity contribution is 6.11. The molecule has 4 nitrogen and oxygen atoms in total. The molecular formula is C65H42N4. The molecule has 3 aromatic heterocycles. The van der Waals surface area contributed by atoms with E-state index >= 15 is 0 Å². The van der Waals surface area contributed by atoms with Crippen molar-refractivity contribution in [2.75, 3.05) is 0 Å². The highest BCUT2D eigenvalue weighted by Crippen LogP contribution is 2.58. The Morgan fingerprint density at radius 2 is 0.710 bits per heavy atom. The Morgan fingerprint density at radius 1 is 0.304 bits per heavy atom. The minimum absolute atomic E-state index is 0.557. The van der Waals surface area contributed by atoms with Gasteiger partial charge in [-0.3, -0.25) is 0 Å². The summed E-state index contributed by atoms with van der Waals surface area (Å²) in [5, 5.41) is 4.86. The highest BCUT2D eigenvalue weighted by Gasteiger charge is 2.47. The molecule has 0 saturated heterocycles. The van der Waals surface area contributed by atoms with Gasteiger partial charge >= 0.3 is 0 Å². The maximum Gasteiger partial charge on any atom is 0.161 e. The maximum absolute atomic E-state index is 5.71. The molecule has 0 bridgehead atoms. The molecule has 0 atom stereocenters. The van der Waals surface area contributed by atoms with E-state index in [4.69, 9.17) is 9.97 Å². The Bertz CT molecular complexity index is 3850. The van der Waals surface area contributed by atoms with Gasteiger partial charge in [-0.05, 0) is 81.9 Å². The first kappa shape index (κ1) is 39.1. The third kappa shape index (κ3) is 5.89. The van der Waals surface area contributed by atoms with Crippen LogP contribution in [-0.4, -0.2) is 19.1 Å². The summed E-state index contributed by atoms with van der Waals surface area (Å²) in [6.07, 6.45) is 0. The third-order valence-electron chi connectivity index (χ3n) is 14.4. The first-order chi connectivity index (χ1) is 34.2. The molecule has 3 heterocycles. The minimum Gasteiger partial charge on any atom is -0.309 e. The number of hydrogen-bond acceptors (Lipinski definition) is 2. The molecule has 10 aromatic carbocycles. The van der Waals surface area contributed by atoms with E-state index < -0.39 is 5.41 Å². The summed E-state index contributed by atoms with van der Waals surface area (Å²) in [5.74, 6) is 0.676. The van der Waals surface area contributed by atoms with Crippen LogP contribution in [-0.2, 0) is 5.41 Å². The summed E-state index contributed by atoms with van der Waals surface area (Å²) in [5.41, 5.74) is 18.1. The average molecular weight is 879 g/mol. The second-order valence-electron chi connectivity index (χ2n) is 18.1. The van der Waals surface area contributed by atoms with Crippen LogP contribution < -0.4 is 0 Å². The second-order valence-corrected chi connectivity index (χ2v) is 18.1. The summed E-state index contributed by atoms with van der Waals surface area (Å²) in [4.78, 5) is 11.2. The molecule has 13 aromatic rings. The average Bonchev–Trinajstić information content (AvgIpc) is 4.06. The van der Waals surface area contributed by atoms with Crippen LogP contribution in [0.25, 0.3) is 100 Å². The van der Waals surface area contributed by atoms with Crippen molar-refractivity contribution in [3.63, 3.8) is 0 Å². The predicted molar refractivity (Wildman–Crippen MR) is 284 cm³/mol. The lowest BCUT2D eigenvalue weighted by Crippen LogP contribution is -2.28. The monoisotopic (exact) mass is 878 g/mol. The molecule has 0 N–H and O–H groups in total. The van der Waals surface area contributed by atoms with E-state index in [2.05, 4.69) is 264 Å². The van der Waals surface area contributed by atoms with Crippen LogP contribution in [0.2, 0.25) is 0 Å². The number of benzene rings is 10. The molecule has 0 fully saturated rings. The zero-order valence-corrected chi connectivity index (χ0v) is 37.5. The van der Waals surface area contributed by atoms with Crippen molar-refractivity contribution in [1.82, 2.24) is 19.1 Å². The SMILES string of the molecule is c1ccc(-c2cc(-c3cc(-n4c5ccccc5c5ccccc54)cc(-n4c5ccccc5c5ccccc54)c3)nc(-c3cccc4c3-c3ccccc3C4(c3ccccc3)c3ccccc3)n2)cc1. The van der Waals surface area contributed by atoms with Gasteiger partial charge in [0, 0.05) is 49.6 Å². The lowest BCUT2D eigenvalue weighted by atomic mass is 9.67. The number of nitrogens with zero attached hydrogens (tertiary/aromatic N) is 4. The molecule has 1 aliphatic rings. The van der Waals surface area contributed by atoms with Crippen LogP contribution in [0.1, 0.15) is 22.3 Å². The van der Waals surface area contributed by atoms with Crippen molar-refractivity contribution in [1.29, 1.82) is 0 Å². The number of para-hydroxylation sites is 4. The van der Waals surface area contributed by atoms with Gasteiger partial charge in [-0.15, -0.1) is 0 Å². The van der Waals surface area contributed by atoms with E-state index in [0.29, 0.717) is 5.82 Å². The Labute approximate surface area is 399 Å². The normalized spacial score (nSPS) is 12.8. The number of rotatable bonds is 7. The number of fused-ring (bicyclic) bond motifs is 9. The molecule has 0 amide bonds. The molecule has 0 radical (unpaired) electrons. The molecule has 4 heteroatoms. The van der Waals surface area contributed by atoms with Gasteiger partial charge < -0.3 is 9.13 Å². The van der Waals surface area contributed by atoms with E-state index in [9.17, 15) is 0 Å². The van der Waals surface area contributed by atoms with Crippen LogP contribution in [0.3, 0.4) is 0 Å². The lowest BCUT2D eigenvalue weighted by molar-refractivity contribution is 0.768. The van der Waals surface area contributed by atoms with Gasteiger partial charge in [-0.1, -0.05) is 206 Å². The topological polar surface area (TPSA) is 35.6 Å². The largest absolute Gasteiger partial charge is 0.309 e. The van der Waals surface area contributed by atoms with Crippen molar-refractivity contribution in [3.8, 4) is 56.4 Å². The zero-order valence-electron chi connectivity index (χ0n) is 37.5. The summed E-state index contributed by atoms with van der Waals surface area (Å²) in [6, 6.07) is 92.2. The Morgan fingerprint density at radius 3 is 1.23 bits per heavy atom. The molecule has 0 spiro atoms. The number of aromatic nitrogens is 4. The van der Waals surface area contributed by atoms with Crippen LogP contribution in [0, 0.1) is 0 Å². The molecule has 0 saturated carbocycles. The Hall–Kier alpha value is -9.12. The Balaban J connectivity index is 1.07. The smallest absolute Gasteiger partial charge is 0.161 e. The summed E-state index contributed by atoms with van der Waals surface area (Å²) >= 11 is 0. The summed E-state index contributed by atoms with van der Waals surface area (Å²) < 4.78 is 4.83. The van der Waals surface area contributed by atoms with Crippen molar-refractivity contribution in [3.05, 3.63) is 277 Å². The van der Waals surface area contributed by atoms with E-state index in [1.54, 1.807) is 0 Å². The Kier molecular flexibility index (Phi) is 8.77. The maximum atomic E-state index is 5.71. The van der Waals surface area contributed by atoms with Crippen LogP contribution >= 0.6 is 0 Å². The van der Waals surface area contributed by atoms with Gasteiger partial charge in [0.2, 0.25) is 0 Å². The fourth-order valence-electron chi connectivity index (χ4n) is 11.6. The van der Waals surface area contributed by atoms with E-state index in [1.165, 1.54) is 49.4 Å². The van der Waals surface area contributed by atoms with Gasteiger partial charge in [-0.2, -0.15) is 0 Å². The van der Waals surface area contributed by atoms with Crippen molar-refractivity contribution in [2.45, 2.75) is 5.41 Å². The van der Waals surface area contributed by atoms with Crippen LogP contribution in [0.4, 0.5) is 0 Å².